The second-order valence-electron chi connectivity index (χ2n) is 4.71. The van der Waals surface area contributed by atoms with Gasteiger partial charge < -0.3 is 14.2 Å². The molecule has 110 valence electrons. The Kier molecular flexibility index (Phi) is 5.02. The first-order valence-corrected chi connectivity index (χ1v) is 7.11. The van der Waals surface area contributed by atoms with Crippen molar-refractivity contribution in [2.75, 3.05) is 26.9 Å². The predicted molar refractivity (Wildman–Crippen MR) is 76.7 cm³/mol. The molecule has 0 aliphatic carbocycles. The van der Waals surface area contributed by atoms with Gasteiger partial charge in [0.1, 0.15) is 11.4 Å². The quantitative estimate of drug-likeness (QED) is 0.784. The molecule has 1 saturated heterocycles. The van der Waals surface area contributed by atoms with Crippen molar-refractivity contribution in [3.8, 4) is 5.75 Å². The SMILES string of the molecule is CCOC1(C(=O)c2cc(Cl)ccc2OC)CCOCC1. The average molecular weight is 299 g/mol. The summed E-state index contributed by atoms with van der Waals surface area (Å²) in [5, 5.41) is 0.507. The van der Waals surface area contributed by atoms with Crippen LogP contribution in [0.1, 0.15) is 30.1 Å². The van der Waals surface area contributed by atoms with E-state index >= 15 is 0 Å². The number of halogens is 1. The molecule has 0 aromatic heterocycles. The normalized spacial score (nSPS) is 17.8. The van der Waals surface area contributed by atoms with Crippen molar-refractivity contribution in [3.05, 3.63) is 28.8 Å². The molecule has 0 unspecified atom stereocenters. The average Bonchev–Trinajstić information content (AvgIpc) is 2.47. The minimum absolute atomic E-state index is 0.0815. The van der Waals surface area contributed by atoms with E-state index in [-0.39, 0.29) is 5.78 Å². The number of ether oxygens (including phenoxy) is 3. The highest BCUT2D eigenvalue weighted by Crippen LogP contribution is 2.33. The molecule has 5 heteroatoms. The number of hydrogen-bond acceptors (Lipinski definition) is 4. The summed E-state index contributed by atoms with van der Waals surface area (Å²) >= 11 is 6.01. The zero-order valence-corrected chi connectivity index (χ0v) is 12.5. The largest absolute Gasteiger partial charge is 0.496 e. The lowest BCUT2D eigenvalue weighted by Gasteiger charge is -2.35. The summed E-state index contributed by atoms with van der Waals surface area (Å²) in [5.41, 5.74) is -0.360. The topological polar surface area (TPSA) is 44.8 Å². The van der Waals surface area contributed by atoms with Gasteiger partial charge in [0.25, 0.3) is 0 Å². The fourth-order valence-electron chi connectivity index (χ4n) is 2.52. The van der Waals surface area contributed by atoms with Gasteiger partial charge in [0.2, 0.25) is 0 Å². The Morgan fingerprint density at radius 1 is 1.40 bits per heavy atom. The van der Waals surface area contributed by atoms with Gasteiger partial charge in [-0.3, -0.25) is 4.79 Å². The van der Waals surface area contributed by atoms with E-state index in [4.69, 9.17) is 25.8 Å². The molecule has 0 amide bonds. The van der Waals surface area contributed by atoms with Crippen LogP contribution >= 0.6 is 11.6 Å². The predicted octanol–water partition coefficient (Wildman–Crippen LogP) is 3.12. The Morgan fingerprint density at radius 3 is 2.70 bits per heavy atom. The highest BCUT2D eigenvalue weighted by Gasteiger charge is 2.42. The van der Waals surface area contributed by atoms with Gasteiger partial charge in [0, 0.05) is 37.7 Å². The number of Topliss-reactive ketones (excluding diaryl/α,β-unsaturated/α-hetero) is 1. The van der Waals surface area contributed by atoms with Crippen LogP contribution in [0.5, 0.6) is 5.75 Å². The van der Waals surface area contributed by atoms with Gasteiger partial charge in [0.05, 0.1) is 12.7 Å². The lowest BCUT2D eigenvalue weighted by molar-refractivity contribution is -0.0823. The van der Waals surface area contributed by atoms with Gasteiger partial charge in [-0.2, -0.15) is 0 Å². The maximum absolute atomic E-state index is 12.9. The Bertz CT molecular complexity index is 475. The first-order valence-electron chi connectivity index (χ1n) is 6.73. The zero-order valence-electron chi connectivity index (χ0n) is 11.8. The molecule has 1 aliphatic heterocycles. The summed E-state index contributed by atoms with van der Waals surface area (Å²) in [6.45, 7) is 3.41. The summed E-state index contributed by atoms with van der Waals surface area (Å²) in [6.07, 6.45) is 1.10. The van der Waals surface area contributed by atoms with Crippen LogP contribution in [0.15, 0.2) is 18.2 Å². The van der Waals surface area contributed by atoms with E-state index in [1.165, 1.54) is 7.11 Å². The highest BCUT2D eigenvalue weighted by atomic mass is 35.5. The Morgan fingerprint density at radius 2 is 2.10 bits per heavy atom. The molecule has 2 rings (SSSR count). The van der Waals surface area contributed by atoms with Crippen molar-refractivity contribution in [1.82, 2.24) is 0 Å². The number of carbonyl (C=O) groups is 1. The van der Waals surface area contributed by atoms with Crippen LogP contribution in [0.25, 0.3) is 0 Å². The molecule has 1 aromatic rings. The van der Waals surface area contributed by atoms with Gasteiger partial charge in [-0.05, 0) is 25.1 Å². The van der Waals surface area contributed by atoms with Gasteiger partial charge in [0.15, 0.2) is 5.78 Å². The lowest BCUT2D eigenvalue weighted by Crippen LogP contribution is -2.46. The standard InChI is InChI=1S/C15H19ClO4/c1-3-20-15(6-8-19-9-7-15)14(17)12-10-11(16)4-5-13(12)18-2/h4-5,10H,3,6-9H2,1-2H3. The molecule has 1 heterocycles. The molecule has 1 fully saturated rings. The molecule has 0 spiro atoms. The Hall–Kier alpha value is -1.10. The van der Waals surface area contributed by atoms with E-state index in [2.05, 4.69) is 0 Å². The highest BCUT2D eigenvalue weighted by molar-refractivity contribution is 6.31. The molecule has 0 saturated carbocycles. The monoisotopic (exact) mass is 298 g/mol. The van der Waals surface area contributed by atoms with E-state index in [9.17, 15) is 4.79 Å². The number of ketones is 1. The van der Waals surface area contributed by atoms with Crippen LogP contribution in [0.3, 0.4) is 0 Å². The van der Waals surface area contributed by atoms with Crippen LogP contribution in [-0.2, 0) is 9.47 Å². The summed E-state index contributed by atoms with van der Waals surface area (Å²) in [5.74, 6) is 0.437. The zero-order chi connectivity index (χ0) is 14.6. The van der Waals surface area contributed by atoms with Crippen molar-refractivity contribution in [2.45, 2.75) is 25.4 Å². The van der Waals surface area contributed by atoms with Crippen molar-refractivity contribution in [2.24, 2.45) is 0 Å². The summed E-state index contributed by atoms with van der Waals surface area (Å²) < 4.78 is 16.4. The fraction of sp³-hybridized carbons (Fsp3) is 0.533. The second-order valence-corrected chi connectivity index (χ2v) is 5.15. The molecule has 0 atom stereocenters. The minimum Gasteiger partial charge on any atom is -0.496 e. The van der Waals surface area contributed by atoms with Gasteiger partial charge in [-0.1, -0.05) is 11.6 Å². The van der Waals surface area contributed by atoms with Crippen molar-refractivity contribution in [3.63, 3.8) is 0 Å². The third-order valence-corrected chi connectivity index (χ3v) is 3.78. The second kappa shape index (κ2) is 6.57. The van der Waals surface area contributed by atoms with Crippen molar-refractivity contribution >= 4 is 17.4 Å². The van der Waals surface area contributed by atoms with Crippen LogP contribution < -0.4 is 4.74 Å². The molecular formula is C15H19ClO4. The van der Waals surface area contributed by atoms with Crippen LogP contribution in [0, 0.1) is 0 Å². The Balaban J connectivity index is 2.39. The molecule has 0 radical (unpaired) electrons. The van der Waals surface area contributed by atoms with Gasteiger partial charge >= 0.3 is 0 Å². The van der Waals surface area contributed by atoms with Crippen molar-refractivity contribution in [1.29, 1.82) is 0 Å². The summed E-state index contributed by atoms with van der Waals surface area (Å²) in [7, 11) is 1.54. The first kappa shape index (κ1) is 15.3. The maximum atomic E-state index is 12.9. The van der Waals surface area contributed by atoms with E-state index in [1.807, 2.05) is 6.92 Å². The van der Waals surface area contributed by atoms with Crippen LogP contribution in [-0.4, -0.2) is 38.3 Å². The van der Waals surface area contributed by atoms with E-state index < -0.39 is 5.60 Å². The molecule has 1 aromatic carbocycles. The number of methoxy groups -OCH3 is 1. The third-order valence-electron chi connectivity index (χ3n) is 3.54. The third kappa shape index (κ3) is 2.97. The lowest BCUT2D eigenvalue weighted by atomic mass is 9.85. The molecule has 4 nitrogen and oxygen atoms in total. The molecular weight excluding hydrogens is 280 g/mol. The minimum atomic E-state index is -0.828. The fourth-order valence-corrected chi connectivity index (χ4v) is 2.69. The van der Waals surface area contributed by atoms with E-state index in [1.54, 1.807) is 18.2 Å². The van der Waals surface area contributed by atoms with Crippen LogP contribution in [0.2, 0.25) is 5.02 Å². The molecule has 1 aliphatic rings. The number of rotatable bonds is 5. The number of hydrogen-bond donors (Lipinski definition) is 0. The molecule has 0 N–H and O–H groups in total. The first-order chi connectivity index (χ1) is 9.63. The van der Waals surface area contributed by atoms with Crippen molar-refractivity contribution < 1.29 is 19.0 Å². The van der Waals surface area contributed by atoms with Crippen LogP contribution in [0.4, 0.5) is 0 Å². The molecule has 0 bridgehead atoms. The summed E-state index contributed by atoms with van der Waals surface area (Å²) in [4.78, 5) is 12.9. The Labute approximate surface area is 124 Å². The molecule has 20 heavy (non-hydrogen) atoms. The maximum Gasteiger partial charge on any atom is 0.198 e. The van der Waals surface area contributed by atoms with Gasteiger partial charge in [-0.25, -0.2) is 0 Å². The smallest absolute Gasteiger partial charge is 0.198 e. The van der Waals surface area contributed by atoms with E-state index in [0.29, 0.717) is 49.0 Å². The van der Waals surface area contributed by atoms with E-state index in [0.717, 1.165) is 0 Å². The number of carbonyl (C=O) groups excluding carboxylic acids is 1. The van der Waals surface area contributed by atoms with Gasteiger partial charge in [-0.15, -0.1) is 0 Å². The summed E-state index contributed by atoms with van der Waals surface area (Å²) in [6, 6.07) is 5.04. The number of benzene rings is 1.